The number of nitrogens with one attached hydrogen (secondary N) is 2. The molecule has 2 aromatic carbocycles. The average Bonchev–Trinajstić information content (AvgIpc) is 3.35. The Hall–Kier alpha value is -3.30. The Morgan fingerprint density at radius 1 is 1.12 bits per heavy atom. The highest BCUT2D eigenvalue weighted by molar-refractivity contribution is 6.35. The van der Waals surface area contributed by atoms with Gasteiger partial charge in [0, 0.05) is 18.0 Å². The van der Waals surface area contributed by atoms with Gasteiger partial charge in [-0.25, -0.2) is 4.39 Å². The molecule has 4 atom stereocenters. The van der Waals surface area contributed by atoms with E-state index in [1.807, 2.05) is 0 Å². The Labute approximate surface area is 192 Å². The van der Waals surface area contributed by atoms with Crippen LogP contribution in [0.3, 0.4) is 0 Å². The van der Waals surface area contributed by atoms with Gasteiger partial charge in [-0.3, -0.25) is 29.4 Å². The highest BCUT2D eigenvalue weighted by Crippen LogP contribution is 2.54. The largest absolute Gasteiger partial charge is 0.481 e. The van der Waals surface area contributed by atoms with Crippen LogP contribution in [-0.2, 0) is 31.3 Å². The van der Waals surface area contributed by atoms with Gasteiger partial charge in [0.2, 0.25) is 17.7 Å². The molecular formula is C23H19ClFN3O5. The summed E-state index contributed by atoms with van der Waals surface area (Å²) in [7, 11) is 0. The number of hydrogen-bond donors (Lipinski definition) is 3. The quantitative estimate of drug-likeness (QED) is 0.576. The van der Waals surface area contributed by atoms with E-state index in [2.05, 4.69) is 10.6 Å². The molecule has 0 saturated carbocycles. The number of carbonyl (C=O) groups excluding carboxylic acids is 3. The van der Waals surface area contributed by atoms with Crippen molar-refractivity contribution in [3.05, 3.63) is 64.4 Å². The third kappa shape index (κ3) is 3.14. The van der Waals surface area contributed by atoms with E-state index in [0.717, 1.165) is 4.90 Å². The zero-order chi connectivity index (χ0) is 23.5. The van der Waals surface area contributed by atoms with Crippen LogP contribution >= 0.6 is 11.6 Å². The van der Waals surface area contributed by atoms with Crippen LogP contribution in [0.4, 0.5) is 10.1 Å². The van der Waals surface area contributed by atoms with Gasteiger partial charge in [0.1, 0.15) is 11.4 Å². The molecule has 0 aliphatic carbocycles. The first-order valence-electron chi connectivity index (χ1n) is 10.4. The number of nitrogens with zero attached hydrogens (tertiary/aromatic N) is 1. The third-order valence-corrected chi connectivity index (χ3v) is 7.03. The number of hydrogen-bond acceptors (Lipinski definition) is 5. The van der Waals surface area contributed by atoms with Crippen LogP contribution in [0.2, 0.25) is 5.02 Å². The monoisotopic (exact) mass is 471 g/mol. The number of carbonyl (C=O) groups is 4. The Morgan fingerprint density at radius 3 is 2.55 bits per heavy atom. The zero-order valence-electron chi connectivity index (χ0n) is 17.2. The molecule has 1 spiro atoms. The number of aliphatic carboxylic acids is 1. The number of halogens is 2. The summed E-state index contributed by atoms with van der Waals surface area (Å²) in [5, 5.41) is 15.4. The van der Waals surface area contributed by atoms with Crippen LogP contribution in [0.5, 0.6) is 0 Å². The van der Waals surface area contributed by atoms with E-state index in [0.29, 0.717) is 21.8 Å². The van der Waals surface area contributed by atoms with E-state index in [1.165, 1.54) is 24.3 Å². The van der Waals surface area contributed by atoms with Crippen LogP contribution in [0.25, 0.3) is 0 Å². The number of benzene rings is 2. The topological polar surface area (TPSA) is 116 Å². The summed E-state index contributed by atoms with van der Waals surface area (Å²) in [6.45, 7) is -0.0727. The molecular weight excluding hydrogens is 453 g/mol. The maximum absolute atomic E-state index is 13.6. The lowest BCUT2D eigenvalue weighted by Crippen LogP contribution is -2.53. The van der Waals surface area contributed by atoms with E-state index >= 15 is 0 Å². The van der Waals surface area contributed by atoms with Crippen LogP contribution < -0.4 is 10.6 Å². The lowest BCUT2D eigenvalue weighted by molar-refractivity contribution is -0.144. The van der Waals surface area contributed by atoms with Crippen molar-refractivity contribution in [2.75, 3.05) is 5.32 Å². The van der Waals surface area contributed by atoms with Crippen molar-refractivity contribution >= 4 is 41.0 Å². The molecule has 3 N–H and O–H groups in total. The molecule has 0 radical (unpaired) electrons. The molecule has 2 fully saturated rings. The van der Waals surface area contributed by atoms with Gasteiger partial charge in [-0.05, 0) is 30.2 Å². The Morgan fingerprint density at radius 2 is 1.85 bits per heavy atom. The SMILES string of the molecule is O=C(O)CCC1NC2(C(=O)Nc3c(Cl)cccc32)C2C(=O)N(Cc3ccc(F)cc3)C(=O)C12. The molecule has 5 rings (SSSR count). The lowest BCUT2D eigenvalue weighted by Gasteiger charge is -2.29. The van der Waals surface area contributed by atoms with Crippen molar-refractivity contribution in [3.8, 4) is 0 Å². The maximum atomic E-state index is 13.6. The minimum absolute atomic E-state index is 0.0604. The van der Waals surface area contributed by atoms with E-state index < -0.39 is 52.9 Å². The number of amides is 3. The van der Waals surface area contributed by atoms with Gasteiger partial charge in [-0.15, -0.1) is 0 Å². The van der Waals surface area contributed by atoms with Gasteiger partial charge in [0.05, 0.1) is 29.1 Å². The van der Waals surface area contributed by atoms with Crippen molar-refractivity contribution < 1.29 is 28.7 Å². The van der Waals surface area contributed by atoms with Crippen molar-refractivity contribution in [1.29, 1.82) is 0 Å². The summed E-state index contributed by atoms with van der Waals surface area (Å²) < 4.78 is 13.3. The molecule has 3 heterocycles. The van der Waals surface area contributed by atoms with Crippen molar-refractivity contribution in [2.24, 2.45) is 11.8 Å². The zero-order valence-corrected chi connectivity index (χ0v) is 17.9. The third-order valence-electron chi connectivity index (χ3n) is 6.71. The Balaban J connectivity index is 1.58. The second-order valence-corrected chi connectivity index (χ2v) is 8.91. The maximum Gasteiger partial charge on any atom is 0.303 e. The fourth-order valence-electron chi connectivity index (χ4n) is 5.31. The number of rotatable bonds is 5. The van der Waals surface area contributed by atoms with Crippen LogP contribution in [-0.4, -0.2) is 39.7 Å². The molecule has 10 heteroatoms. The first-order valence-corrected chi connectivity index (χ1v) is 10.8. The average molecular weight is 472 g/mol. The highest BCUT2D eigenvalue weighted by atomic mass is 35.5. The van der Waals surface area contributed by atoms with Gasteiger partial charge in [0.15, 0.2) is 0 Å². The summed E-state index contributed by atoms with van der Waals surface area (Å²) in [5.41, 5.74) is -0.163. The molecule has 2 saturated heterocycles. The van der Waals surface area contributed by atoms with Crippen molar-refractivity contribution in [3.63, 3.8) is 0 Å². The minimum atomic E-state index is -1.54. The van der Waals surface area contributed by atoms with Crippen molar-refractivity contribution in [1.82, 2.24) is 10.2 Å². The smallest absolute Gasteiger partial charge is 0.303 e. The summed E-state index contributed by atoms with van der Waals surface area (Å²) in [4.78, 5) is 52.7. The normalized spacial score (nSPS) is 27.8. The number of anilines is 1. The number of carboxylic acids is 1. The van der Waals surface area contributed by atoms with Crippen LogP contribution in [0.15, 0.2) is 42.5 Å². The van der Waals surface area contributed by atoms with Crippen molar-refractivity contribution in [2.45, 2.75) is 31.0 Å². The minimum Gasteiger partial charge on any atom is -0.481 e. The second-order valence-electron chi connectivity index (χ2n) is 8.50. The van der Waals surface area contributed by atoms with Gasteiger partial charge in [-0.2, -0.15) is 0 Å². The lowest BCUT2D eigenvalue weighted by atomic mass is 9.76. The molecule has 8 nitrogen and oxygen atoms in total. The molecule has 2 aromatic rings. The summed E-state index contributed by atoms with van der Waals surface area (Å²) in [6.07, 6.45) is -0.175. The molecule has 0 aromatic heterocycles. The molecule has 3 aliphatic heterocycles. The van der Waals surface area contributed by atoms with Crippen LogP contribution in [0, 0.1) is 17.7 Å². The molecule has 170 valence electrons. The highest BCUT2D eigenvalue weighted by Gasteiger charge is 2.70. The van der Waals surface area contributed by atoms with E-state index in [1.54, 1.807) is 18.2 Å². The Bertz CT molecular complexity index is 1200. The predicted octanol–water partition coefficient (Wildman–Crippen LogP) is 2.26. The number of carboxylic acid groups (broad SMARTS) is 1. The van der Waals surface area contributed by atoms with Gasteiger partial charge < -0.3 is 10.4 Å². The first-order chi connectivity index (χ1) is 15.7. The summed E-state index contributed by atoms with van der Waals surface area (Å²) in [5.74, 6) is -5.02. The molecule has 0 bridgehead atoms. The number of fused-ring (bicyclic) bond motifs is 4. The van der Waals surface area contributed by atoms with Gasteiger partial charge in [-0.1, -0.05) is 35.9 Å². The summed E-state index contributed by atoms with van der Waals surface area (Å²) in [6, 6.07) is 9.66. The van der Waals surface area contributed by atoms with Gasteiger partial charge in [0.25, 0.3) is 0 Å². The standard InChI is InChI=1S/C23H19ClFN3O5/c24-14-3-1-2-13-19(14)26-22(33)23(13)18-17(15(27-23)8-9-16(29)30)20(31)28(21(18)32)10-11-4-6-12(25)7-5-11/h1-7,15,17-18,27H,8-10H2,(H,26,33)(H,29,30). The fourth-order valence-corrected chi connectivity index (χ4v) is 5.53. The Kier molecular flexibility index (Phi) is 4.98. The molecule has 3 amide bonds. The number of likely N-dealkylation sites (tertiary alicyclic amines) is 1. The molecule has 4 unspecified atom stereocenters. The van der Waals surface area contributed by atoms with E-state index in [4.69, 9.17) is 11.6 Å². The van der Waals surface area contributed by atoms with Crippen LogP contribution in [0.1, 0.15) is 24.0 Å². The summed E-state index contributed by atoms with van der Waals surface area (Å²) >= 11 is 6.28. The van der Waals surface area contributed by atoms with E-state index in [-0.39, 0.29) is 19.4 Å². The fraction of sp³-hybridized carbons (Fsp3) is 0.304. The van der Waals surface area contributed by atoms with Gasteiger partial charge >= 0.3 is 5.97 Å². The second kappa shape index (κ2) is 7.64. The number of para-hydroxylation sites is 1. The molecule has 3 aliphatic rings. The number of imide groups is 1. The van der Waals surface area contributed by atoms with E-state index in [9.17, 15) is 28.7 Å². The predicted molar refractivity (Wildman–Crippen MR) is 114 cm³/mol. The first kappa shape index (κ1) is 21.5. The molecule has 33 heavy (non-hydrogen) atoms.